The Balaban J connectivity index is 1.58. The maximum absolute atomic E-state index is 12.4. The summed E-state index contributed by atoms with van der Waals surface area (Å²) in [4.78, 5) is 12.4. The van der Waals surface area contributed by atoms with Crippen LogP contribution in [0.4, 0.5) is 5.69 Å². The Morgan fingerprint density at radius 1 is 0.821 bits per heavy atom. The van der Waals surface area contributed by atoms with E-state index in [0.717, 1.165) is 28.6 Å². The Morgan fingerprint density at radius 3 is 2.04 bits per heavy atom. The third kappa shape index (κ3) is 5.77. The molecule has 0 bridgehead atoms. The van der Waals surface area contributed by atoms with Gasteiger partial charge in [-0.05, 0) is 47.4 Å². The van der Waals surface area contributed by atoms with Crippen molar-refractivity contribution < 1.29 is 13.2 Å². The van der Waals surface area contributed by atoms with Crippen molar-refractivity contribution in [3.63, 3.8) is 0 Å². The lowest BCUT2D eigenvalue weighted by Crippen LogP contribution is -2.24. The van der Waals surface area contributed by atoms with Crippen LogP contribution < -0.4 is 10.0 Å². The molecule has 5 nitrogen and oxygen atoms in total. The Hall–Kier alpha value is -2.96. The van der Waals surface area contributed by atoms with Crippen molar-refractivity contribution in [3.05, 3.63) is 90.0 Å². The molecule has 0 saturated heterocycles. The van der Waals surface area contributed by atoms with Crippen molar-refractivity contribution >= 4 is 21.6 Å². The molecule has 0 aliphatic carbocycles. The van der Waals surface area contributed by atoms with E-state index in [1.165, 1.54) is 0 Å². The van der Waals surface area contributed by atoms with Gasteiger partial charge in [0, 0.05) is 17.8 Å². The van der Waals surface area contributed by atoms with Gasteiger partial charge in [0.2, 0.25) is 10.0 Å². The fourth-order valence-electron chi connectivity index (χ4n) is 2.78. The van der Waals surface area contributed by atoms with E-state index in [9.17, 15) is 13.2 Å². The van der Waals surface area contributed by atoms with Crippen LogP contribution in [-0.4, -0.2) is 27.1 Å². The summed E-state index contributed by atoms with van der Waals surface area (Å²) >= 11 is 0. The molecule has 0 aliphatic rings. The third-order valence-corrected chi connectivity index (χ3v) is 4.97. The molecular weight excluding hydrogens is 372 g/mol. The molecule has 0 aliphatic heterocycles. The van der Waals surface area contributed by atoms with Crippen LogP contribution in [-0.2, 0) is 16.4 Å². The van der Waals surface area contributed by atoms with Gasteiger partial charge in [-0.15, -0.1) is 0 Å². The summed E-state index contributed by atoms with van der Waals surface area (Å²) in [6, 6.07) is 24.9. The van der Waals surface area contributed by atoms with Gasteiger partial charge in [-0.1, -0.05) is 54.6 Å². The standard InChI is InChI=1S/C22H22N2O3S/c1-28(26,27)23-16-15-17-7-9-20(10-8-17)22(25)24-21-13-11-19(12-14-21)18-5-3-2-4-6-18/h2-14,23H,15-16H2,1H3,(H,24,25). The number of anilines is 1. The molecule has 1 amide bonds. The molecule has 0 spiro atoms. The van der Waals surface area contributed by atoms with Gasteiger partial charge in [0.05, 0.1) is 6.26 Å². The minimum absolute atomic E-state index is 0.187. The largest absolute Gasteiger partial charge is 0.322 e. The van der Waals surface area contributed by atoms with Crippen molar-refractivity contribution in [3.8, 4) is 11.1 Å². The average molecular weight is 394 g/mol. The van der Waals surface area contributed by atoms with Gasteiger partial charge in [0.15, 0.2) is 0 Å². The molecule has 144 valence electrons. The van der Waals surface area contributed by atoms with Crippen molar-refractivity contribution in [1.29, 1.82) is 0 Å². The molecule has 0 atom stereocenters. The maximum Gasteiger partial charge on any atom is 0.255 e. The molecule has 3 aromatic carbocycles. The number of hydrogen-bond donors (Lipinski definition) is 2. The van der Waals surface area contributed by atoms with Gasteiger partial charge >= 0.3 is 0 Å². The number of carbonyl (C=O) groups is 1. The van der Waals surface area contributed by atoms with E-state index in [2.05, 4.69) is 10.0 Å². The summed E-state index contributed by atoms with van der Waals surface area (Å²) in [6.45, 7) is 0.331. The average Bonchev–Trinajstić information content (AvgIpc) is 2.69. The van der Waals surface area contributed by atoms with Gasteiger partial charge < -0.3 is 5.32 Å². The van der Waals surface area contributed by atoms with Crippen LogP contribution in [0.3, 0.4) is 0 Å². The van der Waals surface area contributed by atoms with Crippen LogP contribution in [0.5, 0.6) is 0 Å². The van der Waals surface area contributed by atoms with E-state index in [4.69, 9.17) is 0 Å². The minimum Gasteiger partial charge on any atom is -0.322 e. The number of nitrogens with one attached hydrogen (secondary N) is 2. The number of benzene rings is 3. The van der Waals surface area contributed by atoms with Crippen molar-refractivity contribution in [2.45, 2.75) is 6.42 Å². The lowest BCUT2D eigenvalue weighted by molar-refractivity contribution is 0.102. The van der Waals surface area contributed by atoms with E-state index < -0.39 is 10.0 Å². The predicted molar refractivity (Wildman–Crippen MR) is 113 cm³/mol. The number of rotatable bonds is 7. The van der Waals surface area contributed by atoms with Crippen LogP contribution in [0.1, 0.15) is 15.9 Å². The Labute approximate surface area is 165 Å². The van der Waals surface area contributed by atoms with E-state index in [-0.39, 0.29) is 5.91 Å². The summed E-state index contributed by atoms with van der Waals surface area (Å²) in [5.74, 6) is -0.187. The molecule has 0 unspecified atom stereocenters. The van der Waals surface area contributed by atoms with Crippen LogP contribution >= 0.6 is 0 Å². The maximum atomic E-state index is 12.4. The van der Waals surface area contributed by atoms with E-state index >= 15 is 0 Å². The molecule has 3 rings (SSSR count). The van der Waals surface area contributed by atoms with E-state index in [0.29, 0.717) is 18.5 Å². The molecule has 2 N–H and O–H groups in total. The molecule has 0 fully saturated rings. The first-order chi connectivity index (χ1) is 13.4. The zero-order valence-corrected chi connectivity index (χ0v) is 16.4. The Bertz CT molecular complexity index is 1030. The quantitative estimate of drug-likeness (QED) is 0.642. The molecule has 0 saturated carbocycles. The summed E-state index contributed by atoms with van der Waals surface area (Å²) in [7, 11) is -3.19. The lowest BCUT2D eigenvalue weighted by atomic mass is 10.1. The summed E-state index contributed by atoms with van der Waals surface area (Å²) in [5.41, 5.74) is 4.45. The SMILES string of the molecule is CS(=O)(=O)NCCc1ccc(C(=O)Nc2ccc(-c3ccccc3)cc2)cc1. The Kier molecular flexibility index (Phi) is 6.23. The lowest BCUT2D eigenvalue weighted by Gasteiger charge is -2.08. The summed E-state index contributed by atoms with van der Waals surface area (Å²) < 4.78 is 24.6. The van der Waals surface area contributed by atoms with Crippen molar-refractivity contribution in [1.82, 2.24) is 4.72 Å². The van der Waals surface area contributed by atoms with Crippen LogP contribution in [0.2, 0.25) is 0 Å². The molecule has 6 heteroatoms. The highest BCUT2D eigenvalue weighted by Crippen LogP contribution is 2.21. The minimum atomic E-state index is -3.19. The monoisotopic (exact) mass is 394 g/mol. The molecular formula is C22H22N2O3S. The number of hydrogen-bond acceptors (Lipinski definition) is 3. The Morgan fingerprint density at radius 2 is 1.43 bits per heavy atom. The summed E-state index contributed by atoms with van der Waals surface area (Å²) in [6.07, 6.45) is 1.70. The highest BCUT2D eigenvalue weighted by molar-refractivity contribution is 7.88. The first-order valence-corrected chi connectivity index (χ1v) is 10.8. The highest BCUT2D eigenvalue weighted by Gasteiger charge is 2.07. The molecule has 0 aromatic heterocycles. The topological polar surface area (TPSA) is 75.3 Å². The second kappa shape index (κ2) is 8.82. The second-order valence-electron chi connectivity index (χ2n) is 6.51. The van der Waals surface area contributed by atoms with Crippen molar-refractivity contribution in [2.75, 3.05) is 18.1 Å². The fourth-order valence-corrected chi connectivity index (χ4v) is 3.26. The number of sulfonamides is 1. The normalized spacial score (nSPS) is 11.2. The van der Waals surface area contributed by atoms with Gasteiger partial charge in [0.25, 0.3) is 5.91 Å². The van der Waals surface area contributed by atoms with Gasteiger partial charge in [0.1, 0.15) is 0 Å². The van der Waals surface area contributed by atoms with Gasteiger partial charge in [-0.2, -0.15) is 0 Å². The number of carbonyl (C=O) groups excluding carboxylic acids is 1. The molecule has 0 heterocycles. The first-order valence-electron chi connectivity index (χ1n) is 8.91. The predicted octanol–water partition coefficient (Wildman–Crippen LogP) is 3.70. The van der Waals surface area contributed by atoms with Crippen LogP contribution in [0, 0.1) is 0 Å². The van der Waals surface area contributed by atoms with E-state index in [1.54, 1.807) is 12.1 Å². The zero-order chi connectivity index (χ0) is 20.0. The van der Waals surface area contributed by atoms with Crippen LogP contribution in [0.25, 0.3) is 11.1 Å². The zero-order valence-electron chi connectivity index (χ0n) is 15.6. The molecule has 0 radical (unpaired) electrons. The third-order valence-electron chi connectivity index (χ3n) is 4.24. The second-order valence-corrected chi connectivity index (χ2v) is 8.34. The van der Waals surface area contributed by atoms with Crippen molar-refractivity contribution in [2.24, 2.45) is 0 Å². The van der Waals surface area contributed by atoms with Gasteiger partial charge in [-0.25, -0.2) is 13.1 Å². The van der Waals surface area contributed by atoms with Crippen LogP contribution in [0.15, 0.2) is 78.9 Å². The fraction of sp³-hybridized carbons (Fsp3) is 0.136. The highest BCUT2D eigenvalue weighted by atomic mass is 32.2. The number of amides is 1. The first kappa shape index (κ1) is 19.8. The smallest absolute Gasteiger partial charge is 0.255 e. The summed E-state index contributed by atoms with van der Waals surface area (Å²) in [5, 5.41) is 2.89. The molecule has 3 aromatic rings. The van der Waals surface area contributed by atoms with E-state index in [1.807, 2.05) is 66.7 Å². The molecule has 28 heavy (non-hydrogen) atoms. The van der Waals surface area contributed by atoms with Gasteiger partial charge in [-0.3, -0.25) is 4.79 Å².